The van der Waals surface area contributed by atoms with Gasteiger partial charge in [-0.15, -0.1) is 0 Å². The van der Waals surface area contributed by atoms with Crippen molar-refractivity contribution in [2.45, 2.75) is 38.0 Å². The van der Waals surface area contributed by atoms with Crippen molar-refractivity contribution in [2.24, 2.45) is 5.92 Å². The van der Waals surface area contributed by atoms with E-state index in [1.807, 2.05) is 6.07 Å². The van der Waals surface area contributed by atoms with Gasteiger partial charge in [0.1, 0.15) is 0 Å². The molecule has 0 radical (unpaired) electrons. The first-order valence-electron chi connectivity index (χ1n) is 8.78. The zero-order valence-corrected chi connectivity index (χ0v) is 14.6. The SMILES string of the molecule is COc1ccc([C@H](NC(=O)c2n[nH]c3c2COCC3)C2CC(O)C2)cn1. The van der Waals surface area contributed by atoms with Crippen LogP contribution in [-0.4, -0.2) is 46.0 Å². The average molecular weight is 358 g/mol. The normalized spacial score (nSPS) is 22.8. The van der Waals surface area contributed by atoms with Gasteiger partial charge in [0.15, 0.2) is 5.69 Å². The fourth-order valence-electron chi connectivity index (χ4n) is 3.58. The van der Waals surface area contributed by atoms with Crippen molar-refractivity contribution in [2.75, 3.05) is 13.7 Å². The lowest BCUT2D eigenvalue weighted by molar-refractivity contribution is 0.0233. The maximum absolute atomic E-state index is 12.9. The summed E-state index contributed by atoms with van der Waals surface area (Å²) in [6.45, 7) is 1.03. The summed E-state index contributed by atoms with van der Waals surface area (Å²) in [6, 6.07) is 3.43. The van der Waals surface area contributed by atoms with Crippen LogP contribution >= 0.6 is 0 Å². The number of hydrogen-bond acceptors (Lipinski definition) is 6. The van der Waals surface area contributed by atoms with Gasteiger partial charge in [-0.05, 0) is 24.3 Å². The number of nitrogens with one attached hydrogen (secondary N) is 2. The number of aliphatic hydroxyl groups is 1. The zero-order chi connectivity index (χ0) is 18.1. The number of ether oxygens (including phenoxy) is 2. The van der Waals surface area contributed by atoms with Crippen LogP contribution in [0.2, 0.25) is 0 Å². The van der Waals surface area contributed by atoms with Crippen LogP contribution in [0.1, 0.15) is 46.2 Å². The van der Waals surface area contributed by atoms with Crippen molar-refractivity contribution in [3.05, 3.63) is 40.8 Å². The van der Waals surface area contributed by atoms with Crippen LogP contribution in [0, 0.1) is 5.92 Å². The van der Waals surface area contributed by atoms with Gasteiger partial charge >= 0.3 is 0 Å². The Morgan fingerprint density at radius 1 is 1.46 bits per heavy atom. The minimum atomic E-state index is -0.308. The number of methoxy groups -OCH3 is 1. The van der Waals surface area contributed by atoms with E-state index in [4.69, 9.17) is 9.47 Å². The second-order valence-corrected chi connectivity index (χ2v) is 6.80. The molecule has 1 amide bonds. The van der Waals surface area contributed by atoms with Gasteiger partial charge in [0.2, 0.25) is 5.88 Å². The van der Waals surface area contributed by atoms with E-state index in [2.05, 4.69) is 20.5 Å². The lowest BCUT2D eigenvalue weighted by Crippen LogP contribution is -2.41. The maximum atomic E-state index is 12.9. The van der Waals surface area contributed by atoms with E-state index in [9.17, 15) is 9.90 Å². The maximum Gasteiger partial charge on any atom is 0.272 e. The Morgan fingerprint density at radius 2 is 2.31 bits per heavy atom. The highest BCUT2D eigenvalue weighted by atomic mass is 16.5. The summed E-state index contributed by atoms with van der Waals surface area (Å²) in [5, 5.41) is 19.9. The number of aromatic amines is 1. The van der Waals surface area contributed by atoms with E-state index in [1.165, 1.54) is 0 Å². The van der Waals surface area contributed by atoms with Crippen LogP contribution in [-0.2, 0) is 17.8 Å². The third-order valence-corrected chi connectivity index (χ3v) is 5.15. The van der Waals surface area contributed by atoms with Crippen LogP contribution in [0.3, 0.4) is 0 Å². The molecule has 1 atom stereocenters. The second kappa shape index (κ2) is 7.05. The summed E-state index contributed by atoms with van der Waals surface area (Å²) < 4.78 is 10.6. The Bertz CT molecular complexity index is 783. The van der Waals surface area contributed by atoms with Gasteiger partial charge in [-0.25, -0.2) is 4.98 Å². The van der Waals surface area contributed by atoms with Gasteiger partial charge in [0.05, 0.1) is 32.5 Å². The van der Waals surface area contributed by atoms with E-state index in [1.54, 1.807) is 19.4 Å². The number of fused-ring (bicyclic) bond motifs is 1. The van der Waals surface area contributed by atoms with Crippen LogP contribution < -0.4 is 10.1 Å². The van der Waals surface area contributed by atoms with E-state index < -0.39 is 0 Å². The molecule has 2 aromatic rings. The first kappa shape index (κ1) is 17.0. The lowest BCUT2D eigenvalue weighted by atomic mass is 9.75. The number of amides is 1. The predicted molar refractivity (Wildman–Crippen MR) is 91.7 cm³/mol. The van der Waals surface area contributed by atoms with E-state index >= 15 is 0 Å². The van der Waals surface area contributed by atoms with Gasteiger partial charge < -0.3 is 19.9 Å². The molecule has 2 aromatic heterocycles. The third-order valence-electron chi connectivity index (χ3n) is 5.15. The Morgan fingerprint density at radius 3 is 3.00 bits per heavy atom. The summed E-state index contributed by atoms with van der Waals surface area (Å²) in [5.74, 6) is 0.441. The van der Waals surface area contributed by atoms with Crippen molar-refractivity contribution in [3.63, 3.8) is 0 Å². The van der Waals surface area contributed by atoms with Crippen molar-refractivity contribution in [1.82, 2.24) is 20.5 Å². The fraction of sp³-hybridized carbons (Fsp3) is 0.500. The topological polar surface area (TPSA) is 109 Å². The van der Waals surface area contributed by atoms with Crippen molar-refractivity contribution < 1.29 is 19.4 Å². The van der Waals surface area contributed by atoms with Crippen molar-refractivity contribution in [3.8, 4) is 5.88 Å². The smallest absolute Gasteiger partial charge is 0.272 e. The quantitative estimate of drug-likeness (QED) is 0.739. The molecule has 138 valence electrons. The summed E-state index contributed by atoms with van der Waals surface area (Å²) in [4.78, 5) is 17.1. The van der Waals surface area contributed by atoms with E-state index in [-0.39, 0.29) is 24.0 Å². The van der Waals surface area contributed by atoms with Gasteiger partial charge in [-0.1, -0.05) is 6.07 Å². The highest BCUT2D eigenvalue weighted by Gasteiger charge is 2.36. The van der Waals surface area contributed by atoms with Gasteiger partial charge in [-0.3, -0.25) is 9.89 Å². The van der Waals surface area contributed by atoms with E-state index in [0.717, 1.165) is 23.2 Å². The van der Waals surface area contributed by atoms with Gasteiger partial charge in [0, 0.05) is 29.9 Å². The zero-order valence-electron chi connectivity index (χ0n) is 14.6. The molecule has 0 bridgehead atoms. The predicted octanol–water partition coefficient (Wildman–Crippen LogP) is 1.13. The second-order valence-electron chi connectivity index (χ2n) is 6.80. The highest BCUT2D eigenvalue weighted by Crippen LogP contribution is 2.38. The molecule has 8 nitrogen and oxygen atoms in total. The molecule has 4 rings (SSSR count). The molecule has 0 aromatic carbocycles. The Labute approximate surface area is 150 Å². The molecule has 2 aliphatic rings. The molecule has 1 fully saturated rings. The van der Waals surface area contributed by atoms with E-state index in [0.29, 0.717) is 37.6 Å². The summed E-state index contributed by atoms with van der Waals surface area (Å²) in [7, 11) is 1.56. The number of aliphatic hydroxyl groups excluding tert-OH is 1. The van der Waals surface area contributed by atoms with Crippen LogP contribution in [0.5, 0.6) is 5.88 Å². The fourth-order valence-corrected chi connectivity index (χ4v) is 3.58. The lowest BCUT2D eigenvalue weighted by Gasteiger charge is -2.38. The summed E-state index contributed by atoms with van der Waals surface area (Å²) in [5.41, 5.74) is 3.06. The number of hydrogen-bond donors (Lipinski definition) is 3. The standard InChI is InChI=1S/C18H22N4O4/c1-25-15-3-2-10(8-19-15)16(11-6-12(23)7-11)20-18(24)17-13-9-26-5-4-14(13)21-22-17/h2-3,8,11-12,16,23H,4-7,9H2,1H3,(H,20,24)(H,21,22)/t11?,12?,16-/m0/s1. The monoisotopic (exact) mass is 358 g/mol. The number of rotatable bonds is 5. The number of nitrogens with zero attached hydrogens (tertiary/aromatic N) is 2. The molecular formula is C18H22N4O4. The molecule has 26 heavy (non-hydrogen) atoms. The number of carbonyl (C=O) groups is 1. The number of pyridine rings is 1. The summed E-state index contributed by atoms with van der Waals surface area (Å²) in [6.07, 6.45) is 3.43. The van der Waals surface area contributed by atoms with Crippen molar-refractivity contribution in [1.29, 1.82) is 0 Å². The number of aromatic nitrogens is 3. The molecule has 3 N–H and O–H groups in total. The third kappa shape index (κ3) is 3.17. The average Bonchev–Trinajstić information content (AvgIpc) is 3.08. The summed E-state index contributed by atoms with van der Waals surface area (Å²) >= 11 is 0. The molecule has 3 heterocycles. The largest absolute Gasteiger partial charge is 0.481 e. The molecular weight excluding hydrogens is 336 g/mol. The molecule has 1 aliphatic heterocycles. The Kier molecular flexibility index (Phi) is 4.60. The Balaban J connectivity index is 1.56. The molecule has 0 unspecified atom stereocenters. The van der Waals surface area contributed by atoms with Gasteiger partial charge in [0.25, 0.3) is 5.91 Å². The molecule has 8 heteroatoms. The number of H-pyrrole nitrogens is 1. The minimum absolute atomic E-state index is 0.162. The number of carbonyl (C=O) groups excluding carboxylic acids is 1. The molecule has 1 aliphatic carbocycles. The molecule has 0 saturated heterocycles. The molecule has 0 spiro atoms. The minimum Gasteiger partial charge on any atom is -0.481 e. The van der Waals surface area contributed by atoms with Crippen LogP contribution in [0.4, 0.5) is 0 Å². The van der Waals surface area contributed by atoms with Gasteiger partial charge in [-0.2, -0.15) is 5.10 Å². The van der Waals surface area contributed by atoms with Crippen LogP contribution in [0.25, 0.3) is 0 Å². The highest BCUT2D eigenvalue weighted by molar-refractivity contribution is 5.94. The first-order valence-corrected chi connectivity index (χ1v) is 8.78. The van der Waals surface area contributed by atoms with Crippen LogP contribution in [0.15, 0.2) is 18.3 Å². The Hall–Kier alpha value is -2.45. The first-order chi connectivity index (χ1) is 12.7. The van der Waals surface area contributed by atoms with Crippen molar-refractivity contribution >= 4 is 5.91 Å². The molecule has 1 saturated carbocycles.